The summed E-state index contributed by atoms with van der Waals surface area (Å²) in [5, 5.41) is 3.42. The van der Waals surface area contributed by atoms with Gasteiger partial charge in [-0.05, 0) is 38.3 Å². The summed E-state index contributed by atoms with van der Waals surface area (Å²) in [5.41, 5.74) is 1.89. The molecule has 1 N–H and O–H groups in total. The molecule has 1 fully saturated rings. The zero-order valence-corrected chi connectivity index (χ0v) is 12.1. The Labute approximate surface area is 116 Å². The molecule has 1 aromatic rings. The maximum absolute atomic E-state index is 14.1. The highest BCUT2D eigenvalue weighted by atomic mass is 19.1. The van der Waals surface area contributed by atoms with Gasteiger partial charge in [-0.15, -0.1) is 0 Å². The molecular weight excluding hydrogens is 239 g/mol. The molecule has 0 heterocycles. The summed E-state index contributed by atoms with van der Waals surface area (Å²) in [5.74, 6) is -0.0828. The molecule has 1 aromatic carbocycles. The van der Waals surface area contributed by atoms with Crippen molar-refractivity contribution in [1.82, 2.24) is 5.32 Å². The van der Waals surface area contributed by atoms with Gasteiger partial charge in [0.05, 0.1) is 0 Å². The summed E-state index contributed by atoms with van der Waals surface area (Å²) >= 11 is 0. The van der Waals surface area contributed by atoms with Gasteiger partial charge in [0, 0.05) is 36.9 Å². The Kier molecular flexibility index (Phi) is 5.20. The van der Waals surface area contributed by atoms with Crippen LogP contribution in [0.25, 0.3) is 0 Å². The van der Waals surface area contributed by atoms with E-state index in [2.05, 4.69) is 24.1 Å². The van der Waals surface area contributed by atoms with Crippen molar-refractivity contribution in [3.05, 3.63) is 29.6 Å². The number of benzene rings is 1. The number of hydrogen-bond acceptors (Lipinski definition) is 2. The third-order valence-electron chi connectivity index (χ3n) is 3.74. The lowest BCUT2D eigenvalue weighted by Gasteiger charge is -2.26. The second-order valence-electron chi connectivity index (χ2n) is 5.33. The van der Waals surface area contributed by atoms with Crippen molar-refractivity contribution in [2.75, 3.05) is 18.0 Å². The van der Waals surface area contributed by atoms with Crippen molar-refractivity contribution >= 4 is 5.69 Å². The van der Waals surface area contributed by atoms with Crippen LogP contribution in [0.5, 0.6) is 0 Å². The first kappa shape index (κ1) is 14.3. The Morgan fingerprint density at radius 1 is 1.32 bits per heavy atom. The molecule has 3 heteroatoms. The molecule has 0 amide bonds. The topological polar surface area (TPSA) is 15.3 Å². The molecule has 0 saturated heterocycles. The van der Waals surface area contributed by atoms with Crippen molar-refractivity contribution in [3.63, 3.8) is 0 Å². The van der Waals surface area contributed by atoms with Gasteiger partial charge in [0.2, 0.25) is 0 Å². The highest BCUT2D eigenvalue weighted by molar-refractivity contribution is 5.54. The average Bonchev–Trinajstić information content (AvgIpc) is 3.23. The van der Waals surface area contributed by atoms with Crippen LogP contribution in [0.3, 0.4) is 0 Å². The van der Waals surface area contributed by atoms with E-state index in [9.17, 15) is 4.39 Å². The molecule has 0 radical (unpaired) electrons. The Morgan fingerprint density at radius 3 is 2.74 bits per heavy atom. The van der Waals surface area contributed by atoms with Crippen molar-refractivity contribution in [2.24, 2.45) is 0 Å². The summed E-state index contributed by atoms with van der Waals surface area (Å²) in [6, 6.07) is 6.05. The molecule has 0 unspecified atom stereocenters. The van der Waals surface area contributed by atoms with E-state index in [0.717, 1.165) is 30.8 Å². The quantitative estimate of drug-likeness (QED) is 0.770. The van der Waals surface area contributed by atoms with Gasteiger partial charge in [-0.2, -0.15) is 0 Å². The highest BCUT2D eigenvalue weighted by Crippen LogP contribution is 2.26. The van der Waals surface area contributed by atoms with Gasteiger partial charge in [-0.1, -0.05) is 19.4 Å². The van der Waals surface area contributed by atoms with E-state index in [1.54, 1.807) is 6.07 Å². The van der Waals surface area contributed by atoms with Gasteiger partial charge in [-0.25, -0.2) is 4.39 Å². The Hall–Kier alpha value is -1.09. The van der Waals surface area contributed by atoms with E-state index in [1.807, 2.05) is 12.1 Å². The number of rotatable bonds is 8. The standard InChI is InChI=1S/C16H25FN2/c1-3-5-11-19(4-2)16-8-6-7-15(17)14(16)12-18-13-9-10-13/h6-8,13,18H,3-5,9-12H2,1-2H3. The predicted molar refractivity (Wildman–Crippen MR) is 79.1 cm³/mol. The second-order valence-corrected chi connectivity index (χ2v) is 5.33. The smallest absolute Gasteiger partial charge is 0.129 e. The van der Waals surface area contributed by atoms with Gasteiger partial charge < -0.3 is 10.2 Å². The summed E-state index contributed by atoms with van der Waals surface area (Å²) in [4.78, 5) is 2.29. The minimum Gasteiger partial charge on any atom is -0.371 e. The Balaban J connectivity index is 2.13. The summed E-state index contributed by atoms with van der Waals surface area (Å²) in [6.07, 6.45) is 4.79. The van der Waals surface area contributed by atoms with Crippen LogP contribution >= 0.6 is 0 Å². The van der Waals surface area contributed by atoms with Crippen LogP contribution in [0.15, 0.2) is 18.2 Å². The van der Waals surface area contributed by atoms with Gasteiger partial charge in [0.25, 0.3) is 0 Å². The first-order chi connectivity index (χ1) is 9.26. The third kappa shape index (κ3) is 3.93. The molecule has 0 aromatic heterocycles. The van der Waals surface area contributed by atoms with Gasteiger partial charge in [0.1, 0.15) is 5.82 Å². The van der Waals surface area contributed by atoms with Gasteiger partial charge in [-0.3, -0.25) is 0 Å². The number of unbranched alkanes of at least 4 members (excludes halogenated alkanes) is 1. The Bertz CT molecular complexity index is 402. The van der Waals surface area contributed by atoms with Crippen LogP contribution in [-0.4, -0.2) is 19.1 Å². The van der Waals surface area contributed by atoms with Crippen LogP contribution in [-0.2, 0) is 6.54 Å². The number of anilines is 1. The minimum atomic E-state index is -0.0828. The molecule has 0 spiro atoms. The molecule has 0 bridgehead atoms. The molecule has 2 nitrogen and oxygen atoms in total. The van der Waals surface area contributed by atoms with Crippen LogP contribution in [0, 0.1) is 5.82 Å². The molecule has 0 aliphatic heterocycles. The molecular formula is C16H25FN2. The van der Waals surface area contributed by atoms with E-state index < -0.39 is 0 Å². The molecule has 1 aliphatic rings. The van der Waals surface area contributed by atoms with Crippen LogP contribution in [0.2, 0.25) is 0 Å². The molecule has 19 heavy (non-hydrogen) atoms. The lowest BCUT2D eigenvalue weighted by molar-refractivity contribution is 0.584. The van der Waals surface area contributed by atoms with E-state index in [0.29, 0.717) is 12.6 Å². The average molecular weight is 264 g/mol. The minimum absolute atomic E-state index is 0.0828. The second kappa shape index (κ2) is 6.90. The molecule has 1 saturated carbocycles. The zero-order chi connectivity index (χ0) is 13.7. The van der Waals surface area contributed by atoms with Crippen LogP contribution in [0.4, 0.5) is 10.1 Å². The lowest BCUT2D eigenvalue weighted by atomic mass is 10.1. The zero-order valence-electron chi connectivity index (χ0n) is 12.1. The van der Waals surface area contributed by atoms with Crippen molar-refractivity contribution in [2.45, 2.75) is 52.1 Å². The Morgan fingerprint density at radius 2 is 2.11 bits per heavy atom. The van der Waals surface area contributed by atoms with Crippen LogP contribution < -0.4 is 10.2 Å². The fourth-order valence-corrected chi connectivity index (χ4v) is 2.35. The fourth-order valence-electron chi connectivity index (χ4n) is 2.35. The van der Waals surface area contributed by atoms with E-state index in [-0.39, 0.29) is 5.82 Å². The first-order valence-electron chi connectivity index (χ1n) is 7.52. The highest BCUT2D eigenvalue weighted by Gasteiger charge is 2.22. The van der Waals surface area contributed by atoms with Crippen molar-refractivity contribution in [3.8, 4) is 0 Å². The largest absolute Gasteiger partial charge is 0.371 e. The number of halogens is 1. The number of nitrogens with zero attached hydrogens (tertiary/aromatic N) is 1. The summed E-state index contributed by atoms with van der Waals surface area (Å²) in [6.45, 7) is 6.91. The molecule has 1 aliphatic carbocycles. The maximum Gasteiger partial charge on any atom is 0.129 e. The SMILES string of the molecule is CCCCN(CC)c1cccc(F)c1CNC1CC1. The van der Waals surface area contributed by atoms with E-state index in [1.165, 1.54) is 19.3 Å². The summed E-state index contributed by atoms with van der Waals surface area (Å²) in [7, 11) is 0. The lowest BCUT2D eigenvalue weighted by Crippen LogP contribution is -2.27. The third-order valence-corrected chi connectivity index (χ3v) is 3.74. The van der Waals surface area contributed by atoms with Crippen molar-refractivity contribution < 1.29 is 4.39 Å². The number of nitrogens with one attached hydrogen (secondary N) is 1. The molecule has 2 rings (SSSR count). The van der Waals surface area contributed by atoms with Gasteiger partial charge in [0.15, 0.2) is 0 Å². The fraction of sp³-hybridized carbons (Fsp3) is 0.625. The van der Waals surface area contributed by atoms with Gasteiger partial charge >= 0.3 is 0 Å². The molecule has 0 atom stereocenters. The normalized spacial score (nSPS) is 14.7. The van der Waals surface area contributed by atoms with Crippen LogP contribution in [0.1, 0.15) is 45.1 Å². The maximum atomic E-state index is 14.1. The van der Waals surface area contributed by atoms with E-state index in [4.69, 9.17) is 0 Å². The predicted octanol–water partition coefficient (Wildman–Crippen LogP) is 3.70. The van der Waals surface area contributed by atoms with Crippen molar-refractivity contribution in [1.29, 1.82) is 0 Å². The molecule has 106 valence electrons. The monoisotopic (exact) mass is 264 g/mol. The van der Waals surface area contributed by atoms with E-state index >= 15 is 0 Å². The summed E-state index contributed by atoms with van der Waals surface area (Å²) < 4.78 is 14.1. The number of hydrogen-bond donors (Lipinski definition) is 1. The first-order valence-corrected chi connectivity index (χ1v) is 7.52.